The number of carbonyl (C=O) groups excluding carboxylic acids is 1. The lowest BCUT2D eigenvalue weighted by Gasteiger charge is -2.42. The lowest BCUT2D eigenvalue weighted by molar-refractivity contribution is 0.0122. The Morgan fingerprint density at radius 2 is 1.59 bits per heavy atom. The van der Waals surface area contributed by atoms with E-state index >= 15 is 13.2 Å². The number of piperazine rings is 1. The maximum Gasteiger partial charge on any atom is 0.410 e. The van der Waals surface area contributed by atoms with Crippen LogP contribution in [-0.4, -0.2) is 116 Å². The van der Waals surface area contributed by atoms with Gasteiger partial charge in [-0.15, -0.1) is 5.54 Å². The van der Waals surface area contributed by atoms with Crippen molar-refractivity contribution in [3.05, 3.63) is 53.6 Å². The van der Waals surface area contributed by atoms with Crippen LogP contribution in [0.25, 0.3) is 32.8 Å². The van der Waals surface area contributed by atoms with Crippen molar-refractivity contribution in [2.45, 2.75) is 146 Å². The minimum Gasteiger partial charge on any atom is -0.468 e. The number of halogens is 5. The first kappa shape index (κ1) is 48.3. The van der Waals surface area contributed by atoms with Crippen LogP contribution >= 0.6 is 0 Å². The number of fused-ring (bicyclic) bond motifs is 5. The largest absolute Gasteiger partial charge is 0.468 e. The second-order valence-electron chi connectivity index (χ2n) is 22.1. The molecule has 5 fully saturated rings. The van der Waals surface area contributed by atoms with Gasteiger partial charge in [-0.05, 0) is 91.9 Å². The Morgan fingerprint density at radius 1 is 0.912 bits per heavy atom. The number of rotatable bonds is 11. The fourth-order valence-electron chi connectivity index (χ4n) is 12.5. The van der Waals surface area contributed by atoms with Gasteiger partial charge in [-0.3, -0.25) is 9.80 Å². The van der Waals surface area contributed by atoms with E-state index in [9.17, 15) is 13.6 Å². The minimum atomic E-state index is -2.84. The van der Waals surface area contributed by atoms with Gasteiger partial charge in [-0.2, -0.15) is 9.97 Å². The highest BCUT2D eigenvalue weighted by Crippen LogP contribution is 2.69. The summed E-state index contributed by atoms with van der Waals surface area (Å²) >= 11 is 0. The van der Waals surface area contributed by atoms with Crippen molar-refractivity contribution in [3.63, 3.8) is 0 Å². The number of methoxy groups -OCH3 is 1. The van der Waals surface area contributed by atoms with E-state index in [0.717, 1.165) is 12.8 Å². The molecule has 0 radical (unpaired) electrons. The Kier molecular flexibility index (Phi) is 12.3. The van der Waals surface area contributed by atoms with Crippen LogP contribution in [0.5, 0.6) is 11.8 Å². The first-order valence-electron chi connectivity index (χ1n) is 24.1. The number of alkyl halides is 3. The average molecular weight is 962 g/mol. The molecule has 1 spiro atoms. The highest BCUT2D eigenvalue weighted by Gasteiger charge is 2.78. The highest BCUT2D eigenvalue weighted by molar-refractivity contribution is 6.90. The summed E-state index contributed by atoms with van der Waals surface area (Å²) in [6.45, 7) is 19.2. The quantitative estimate of drug-likeness (QED) is 0.0631. The molecule has 16 heteroatoms. The third-order valence-electron chi connectivity index (χ3n) is 15.6. The van der Waals surface area contributed by atoms with Crippen molar-refractivity contribution >= 4 is 41.7 Å². The zero-order valence-corrected chi connectivity index (χ0v) is 41.9. The summed E-state index contributed by atoms with van der Waals surface area (Å²) in [5.74, 6) is -0.0486. The fraction of sp³-hybridized carbons (Fsp3) is 0.596. The van der Waals surface area contributed by atoms with Crippen LogP contribution in [0.2, 0.25) is 16.6 Å². The van der Waals surface area contributed by atoms with E-state index in [-0.39, 0.29) is 97.1 Å². The summed E-state index contributed by atoms with van der Waals surface area (Å²) in [5, 5.41) is 1.36. The Hall–Kier alpha value is -4.72. The molecule has 1 aliphatic carbocycles. The van der Waals surface area contributed by atoms with Crippen molar-refractivity contribution in [1.29, 1.82) is 0 Å². The predicted octanol–water partition coefficient (Wildman–Crippen LogP) is 11.5. The third-order valence-corrected chi connectivity index (χ3v) is 21.9. The fourth-order valence-corrected chi connectivity index (χ4v) is 17.7. The molecule has 1 amide bonds. The Labute approximate surface area is 397 Å². The van der Waals surface area contributed by atoms with E-state index in [1.807, 2.05) is 25.7 Å². The minimum absolute atomic E-state index is 0.0191. The number of aromatic nitrogens is 2. The van der Waals surface area contributed by atoms with Crippen LogP contribution in [0.1, 0.15) is 100.0 Å². The molecule has 3 aromatic carbocycles. The lowest BCUT2D eigenvalue weighted by Crippen LogP contribution is -2.57. The Balaban J connectivity index is 1.19. The molecule has 4 saturated heterocycles. The molecule has 1 saturated carbocycles. The summed E-state index contributed by atoms with van der Waals surface area (Å²) in [4.78, 5) is 28.7. The van der Waals surface area contributed by atoms with E-state index in [0.29, 0.717) is 46.4 Å². The van der Waals surface area contributed by atoms with E-state index in [4.69, 9.17) is 28.9 Å². The molecular formula is C52H64F5N5O5Si. The zero-order valence-electron chi connectivity index (χ0n) is 40.9. The first-order chi connectivity index (χ1) is 32.0. The number of anilines is 1. The third kappa shape index (κ3) is 8.25. The van der Waals surface area contributed by atoms with Crippen molar-refractivity contribution in [2.75, 3.05) is 51.6 Å². The van der Waals surface area contributed by atoms with Crippen LogP contribution in [0.15, 0.2) is 36.4 Å². The van der Waals surface area contributed by atoms with E-state index in [1.54, 1.807) is 40.1 Å². The number of amides is 1. The van der Waals surface area contributed by atoms with Crippen LogP contribution in [0, 0.1) is 28.5 Å². The molecule has 9 rings (SSSR count). The number of carbonyl (C=O) groups is 1. The maximum absolute atomic E-state index is 18.0. The predicted molar refractivity (Wildman–Crippen MR) is 256 cm³/mol. The molecule has 5 aliphatic rings. The number of nitrogens with zero attached hydrogens (tertiary/aromatic N) is 5. The summed E-state index contributed by atoms with van der Waals surface area (Å²) in [6, 6.07) is 9.17. The van der Waals surface area contributed by atoms with Gasteiger partial charge in [0.2, 0.25) is 0 Å². The van der Waals surface area contributed by atoms with Crippen molar-refractivity contribution in [3.8, 4) is 34.4 Å². The SMILES string of the molecule is COCOc1cc(-c2ccc3c(N4CC5CCC(C4)N5C(=O)OC(C)(C)C)nc(OC[C@@]45C[C@@H](F)CN4C[C@@]4(CC4(F)F)C5)nc3c2F)c2c(C#C[Si](C(C)C)(C(C)C)C(C)C)c(F)ccc2c1. The van der Waals surface area contributed by atoms with Gasteiger partial charge in [0.1, 0.15) is 49.4 Å². The molecule has 5 heterocycles. The Bertz CT molecular complexity index is 2670. The van der Waals surface area contributed by atoms with Gasteiger partial charge in [0.25, 0.3) is 5.92 Å². The van der Waals surface area contributed by atoms with E-state index < -0.39 is 54.5 Å². The molecule has 1 aromatic heterocycles. The molecular weight excluding hydrogens is 898 g/mol. The van der Waals surface area contributed by atoms with Crippen LogP contribution < -0.4 is 14.4 Å². The lowest BCUT2D eigenvalue weighted by atomic mass is 9.88. The van der Waals surface area contributed by atoms with Crippen LogP contribution in [0.3, 0.4) is 0 Å². The summed E-state index contributed by atoms with van der Waals surface area (Å²) in [7, 11) is -0.866. The molecule has 68 heavy (non-hydrogen) atoms. The number of benzene rings is 3. The van der Waals surface area contributed by atoms with E-state index in [2.05, 4.69) is 53.0 Å². The normalized spacial score (nSPS) is 25.5. The highest BCUT2D eigenvalue weighted by atomic mass is 28.3. The molecule has 10 nitrogen and oxygen atoms in total. The second kappa shape index (κ2) is 17.3. The summed E-state index contributed by atoms with van der Waals surface area (Å²) < 4.78 is 103. The number of hydrogen-bond donors (Lipinski definition) is 0. The Morgan fingerprint density at radius 3 is 2.21 bits per heavy atom. The monoisotopic (exact) mass is 961 g/mol. The number of ether oxygens (including phenoxy) is 4. The first-order valence-corrected chi connectivity index (χ1v) is 26.3. The van der Waals surface area contributed by atoms with Gasteiger partial charge in [-0.1, -0.05) is 59.6 Å². The summed E-state index contributed by atoms with van der Waals surface area (Å²) in [5.41, 5.74) is 2.06. The summed E-state index contributed by atoms with van der Waals surface area (Å²) in [6.07, 6.45) is -0.326. The van der Waals surface area contributed by atoms with Crippen LogP contribution in [-0.2, 0) is 9.47 Å². The number of hydrogen-bond acceptors (Lipinski definition) is 9. The molecule has 366 valence electrons. The van der Waals surface area contributed by atoms with Crippen molar-refractivity contribution < 1.29 is 45.7 Å². The average Bonchev–Trinajstić information content (AvgIpc) is 3.44. The van der Waals surface area contributed by atoms with Gasteiger partial charge in [-0.25, -0.2) is 26.7 Å². The van der Waals surface area contributed by atoms with Gasteiger partial charge in [0.15, 0.2) is 12.6 Å². The van der Waals surface area contributed by atoms with Gasteiger partial charge >= 0.3 is 12.1 Å². The smallest absolute Gasteiger partial charge is 0.410 e. The van der Waals surface area contributed by atoms with Crippen molar-refractivity contribution in [2.24, 2.45) is 5.41 Å². The second-order valence-corrected chi connectivity index (χ2v) is 27.6. The molecule has 2 bridgehead atoms. The standard InChI is InChI=1S/C52H64F5N5O5Si/c1-30(2)68(31(3)4,32(5)6)18-17-39-42(54)16-11-33-19-37(66-29-64-10)20-41(43(33)39)38-14-15-40-45(44(38)55)58-47(65-28-51-21-34(53)22-61(51)27-50(25-51)26-52(50,56)57)59-46(40)60-23-35-12-13-36(24-60)62(35)48(63)67-49(7,8)9/h11,14-16,19-20,30-32,34-36H,12-13,21-29H2,1-10H3/t34-,35?,36?,50+,51+/m1/s1. The molecule has 4 aromatic rings. The van der Waals surface area contributed by atoms with Gasteiger partial charge in [0, 0.05) is 62.5 Å². The van der Waals surface area contributed by atoms with Crippen LogP contribution in [0.4, 0.5) is 32.6 Å². The molecule has 5 atom stereocenters. The topological polar surface area (TPSA) is 89.5 Å². The molecule has 4 aliphatic heterocycles. The van der Waals surface area contributed by atoms with Gasteiger partial charge < -0.3 is 23.8 Å². The van der Waals surface area contributed by atoms with Gasteiger partial charge in [0.05, 0.1) is 28.6 Å². The molecule has 0 N–H and O–H groups in total. The van der Waals surface area contributed by atoms with E-state index in [1.165, 1.54) is 13.2 Å². The zero-order chi connectivity index (χ0) is 48.9. The van der Waals surface area contributed by atoms with Crippen molar-refractivity contribution in [1.82, 2.24) is 19.8 Å². The molecule has 2 unspecified atom stereocenters. The maximum atomic E-state index is 18.0.